The number of anilines is 1. The lowest BCUT2D eigenvalue weighted by Gasteiger charge is -2.07. The standard InChI is InChI=1S/C15H14FN5/c1-2-10-3-6-12(7-4-10)21-15(18-19-20-21)13-9-11(16)5-8-14(13)17/h3-9H,2,17H2,1H3. The SMILES string of the molecule is CCc1ccc(-n2nnnc2-c2cc(F)ccc2N)cc1. The summed E-state index contributed by atoms with van der Waals surface area (Å²) in [6, 6.07) is 12.0. The largest absolute Gasteiger partial charge is 0.398 e. The average molecular weight is 283 g/mol. The van der Waals surface area contributed by atoms with Crippen molar-refractivity contribution >= 4 is 5.69 Å². The maximum atomic E-state index is 13.4. The molecular weight excluding hydrogens is 269 g/mol. The predicted octanol–water partition coefficient (Wildman–Crippen LogP) is 2.61. The molecule has 0 aliphatic rings. The normalized spacial score (nSPS) is 10.8. The summed E-state index contributed by atoms with van der Waals surface area (Å²) in [6.07, 6.45) is 0.958. The van der Waals surface area contributed by atoms with Crippen LogP contribution in [0.3, 0.4) is 0 Å². The van der Waals surface area contributed by atoms with Crippen LogP contribution in [0.15, 0.2) is 42.5 Å². The van der Waals surface area contributed by atoms with Gasteiger partial charge in [0.1, 0.15) is 5.82 Å². The number of rotatable bonds is 3. The zero-order valence-electron chi connectivity index (χ0n) is 11.5. The van der Waals surface area contributed by atoms with Gasteiger partial charge in [-0.3, -0.25) is 0 Å². The van der Waals surface area contributed by atoms with Gasteiger partial charge in [-0.2, -0.15) is 4.68 Å². The summed E-state index contributed by atoms with van der Waals surface area (Å²) < 4.78 is 15.0. The minimum atomic E-state index is -0.380. The number of aromatic nitrogens is 4. The molecule has 0 fully saturated rings. The summed E-state index contributed by atoms with van der Waals surface area (Å²) >= 11 is 0. The molecule has 0 aliphatic heterocycles. The minimum absolute atomic E-state index is 0.380. The fraction of sp³-hybridized carbons (Fsp3) is 0.133. The fourth-order valence-corrected chi connectivity index (χ4v) is 2.12. The molecule has 5 nitrogen and oxygen atoms in total. The Kier molecular flexibility index (Phi) is 3.35. The first-order chi connectivity index (χ1) is 10.2. The molecule has 0 amide bonds. The van der Waals surface area contributed by atoms with Crippen LogP contribution in [-0.2, 0) is 6.42 Å². The van der Waals surface area contributed by atoms with Gasteiger partial charge in [0.25, 0.3) is 0 Å². The number of hydrogen-bond donors (Lipinski definition) is 1. The number of nitrogen functional groups attached to an aromatic ring is 1. The Balaban J connectivity index is 2.10. The van der Waals surface area contributed by atoms with Crippen LogP contribution < -0.4 is 5.73 Å². The number of tetrazole rings is 1. The van der Waals surface area contributed by atoms with E-state index in [2.05, 4.69) is 22.4 Å². The van der Waals surface area contributed by atoms with E-state index in [0.717, 1.165) is 12.1 Å². The van der Waals surface area contributed by atoms with Crippen molar-refractivity contribution in [2.75, 3.05) is 5.73 Å². The molecule has 3 aromatic rings. The van der Waals surface area contributed by atoms with E-state index in [0.29, 0.717) is 17.1 Å². The lowest BCUT2D eigenvalue weighted by atomic mass is 10.1. The van der Waals surface area contributed by atoms with E-state index >= 15 is 0 Å². The van der Waals surface area contributed by atoms with Gasteiger partial charge >= 0.3 is 0 Å². The van der Waals surface area contributed by atoms with E-state index in [1.165, 1.54) is 23.8 Å². The van der Waals surface area contributed by atoms with Crippen molar-refractivity contribution in [2.24, 2.45) is 0 Å². The zero-order valence-corrected chi connectivity index (χ0v) is 11.5. The Morgan fingerprint density at radius 2 is 1.90 bits per heavy atom. The Labute approximate surface area is 121 Å². The summed E-state index contributed by atoms with van der Waals surface area (Å²) in [5.41, 5.74) is 8.82. The molecule has 0 bridgehead atoms. The maximum absolute atomic E-state index is 13.4. The molecular formula is C15H14FN5. The molecule has 0 saturated heterocycles. The molecule has 21 heavy (non-hydrogen) atoms. The van der Waals surface area contributed by atoms with Crippen molar-refractivity contribution in [3.05, 3.63) is 53.8 Å². The van der Waals surface area contributed by atoms with Crippen LogP contribution in [0.1, 0.15) is 12.5 Å². The van der Waals surface area contributed by atoms with Crippen LogP contribution in [0.2, 0.25) is 0 Å². The van der Waals surface area contributed by atoms with Gasteiger partial charge in [0.15, 0.2) is 5.82 Å². The van der Waals surface area contributed by atoms with E-state index in [-0.39, 0.29) is 5.82 Å². The molecule has 106 valence electrons. The van der Waals surface area contributed by atoms with E-state index in [1.54, 1.807) is 4.68 Å². The molecule has 3 rings (SSSR count). The summed E-state index contributed by atoms with van der Waals surface area (Å²) in [5, 5.41) is 11.6. The van der Waals surface area contributed by atoms with Crippen LogP contribution in [0, 0.1) is 5.82 Å². The fourth-order valence-electron chi connectivity index (χ4n) is 2.12. The lowest BCUT2D eigenvalue weighted by molar-refractivity contribution is 0.628. The van der Waals surface area contributed by atoms with Gasteiger partial charge in [0.2, 0.25) is 0 Å². The van der Waals surface area contributed by atoms with Gasteiger partial charge in [-0.05, 0) is 52.7 Å². The van der Waals surface area contributed by atoms with E-state index in [1.807, 2.05) is 24.3 Å². The Morgan fingerprint density at radius 1 is 1.14 bits per heavy atom. The molecule has 1 heterocycles. The Morgan fingerprint density at radius 3 is 2.62 bits per heavy atom. The third-order valence-corrected chi connectivity index (χ3v) is 3.31. The van der Waals surface area contributed by atoms with Gasteiger partial charge in [-0.15, -0.1) is 5.10 Å². The predicted molar refractivity (Wildman–Crippen MR) is 78.3 cm³/mol. The number of halogens is 1. The highest BCUT2D eigenvalue weighted by Gasteiger charge is 2.14. The minimum Gasteiger partial charge on any atom is -0.398 e. The first-order valence-corrected chi connectivity index (χ1v) is 6.62. The summed E-state index contributed by atoms with van der Waals surface area (Å²) in [6.45, 7) is 2.09. The van der Waals surface area contributed by atoms with Crippen LogP contribution >= 0.6 is 0 Å². The monoisotopic (exact) mass is 283 g/mol. The molecule has 0 atom stereocenters. The second kappa shape index (κ2) is 5.32. The second-order valence-electron chi connectivity index (χ2n) is 4.67. The van der Waals surface area contributed by atoms with Crippen LogP contribution in [0.4, 0.5) is 10.1 Å². The molecule has 2 N–H and O–H groups in total. The van der Waals surface area contributed by atoms with Gasteiger partial charge in [0.05, 0.1) is 5.69 Å². The number of nitrogens with two attached hydrogens (primary N) is 1. The highest BCUT2D eigenvalue weighted by atomic mass is 19.1. The van der Waals surface area contributed by atoms with Crippen LogP contribution in [-0.4, -0.2) is 20.2 Å². The van der Waals surface area contributed by atoms with Gasteiger partial charge in [-0.25, -0.2) is 4.39 Å². The van der Waals surface area contributed by atoms with Crippen molar-refractivity contribution in [1.82, 2.24) is 20.2 Å². The second-order valence-corrected chi connectivity index (χ2v) is 4.67. The molecule has 2 aromatic carbocycles. The molecule has 1 aromatic heterocycles. The topological polar surface area (TPSA) is 69.6 Å². The van der Waals surface area contributed by atoms with Gasteiger partial charge in [0, 0.05) is 11.3 Å². The molecule has 0 saturated carbocycles. The van der Waals surface area contributed by atoms with Gasteiger partial charge < -0.3 is 5.73 Å². The van der Waals surface area contributed by atoms with Crippen molar-refractivity contribution in [2.45, 2.75) is 13.3 Å². The van der Waals surface area contributed by atoms with Crippen molar-refractivity contribution < 1.29 is 4.39 Å². The third kappa shape index (κ3) is 2.47. The Hall–Kier alpha value is -2.76. The highest BCUT2D eigenvalue weighted by molar-refractivity contribution is 5.72. The number of hydrogen-bond acceptors (Lipinski definition) is 4. The van der Waals surface area contributed by atoms with E-state index in [9.17, 15) is 4.39 Å². The first kappa shape index (κ1) is 13.2. The zero-order chi connectivity index (χ0) is 14.8. The lowest BCUT2D eigenvalue weighted by Crippen LogP contribution is -2.02. The molecule has 0 unspecified atom stereocenters. The van der Waals surface area contributed by atoms with Crippen molar-refractivity contribution in [3.63, 3.8) is 0 Å². The van der Waals surface area contributed by atoms with Crippen molar-refractivity contribution in [1.29, 1.82) is 0 Å². The quantitative estimate of drug-likeness (QED) is 0.750. The number of benzene rings is 2. The summed E-state index contributed by atoms with van der Waals surface area (Å²) in [7, 11) is 0. The van der Waals surface area contributed by atoms with E-state index < -0.39 is 0 Å². The maximum Gasteiger partial charge on any atom is 0.189 e. The smallest absolute Gasteiger partial charge is 0.189 e. The number of aryl methyl sites for hydroxylation is 1. The first-order valence-electron chi connectivity index (χ1n) is 6.62. The summed E-state index contributed by atoms with van der Waals surface area (Å²) in [5.74, 6) is 0.0336. The molecule has 6 heteroatoms. The summed E-state index contributed by atoms with van der Waals surface area (Å²) in [4.78, 5) is 0. The van der Waals surface area contributed by atoms with E-state index in [4.69, 9.17) is 5.73 Å². The van der Waals surface area contributed by atoms with Crippen molar-refractivity contribution in [3.8, 4) is 17.1 Å². The third-order valence-electron chi connectivity index (χ3n) is 3.31. The Bertz CT molecular complexity index is 764. The molecule has 0 spiro atoms. The number of nitrogens with zero attached hydrogens (tertiary/aromatic N) is 4. The molecule has 0 aliphatic carbocycles. The molecule has 0 radical (unpaired) electrons. The average Bonchev–Trinajstić information content (AvgIpc) is 2.99. The van der Waals surface area contributed by atoms with Crippen LogP contribution in [0.5, 0.6) is 0 Å². The van der Waals surface area contributed by atoms with Crippen LogP contribution in [0.25, 0.3) is 17.1 Å². The van der Waals surface area contributed by atoms with Gasteiger partial charge in [-0.1, -0.05) is 19.1 Å². The highest BCUT2D eigenvalue weighted by Crippen LogP contribution is 2.26.